The van der Waals surface area contributed by atoms with Crippen molar-refractivity contribution in [3.63, 3.8) is 0 Å². The van der Waals surface area contributed by atoms with Crippen LogP contribution in [-0.4, -0.2) is 23.9 Å². The number of benzene rings is 1. The molecule has 1 aromatic heterocycles. The number of nitrogens with two attached hydrogens (primary N) is 1. The lowest BCUT2D eigenvalue weighted by Gasteiger charge is -2.09. The Morgan fingerprint density at radius 1 is 1.30 bits per heavy atom. The van der Waals surface area contributed by atoms with Gasteiger partial charge in [0, 0.05) is 5.56 Å². The number of methoxy groups -OCH3 is 1. The SMILES string of the molecule is COc1cc(-c2nc(C)c(F)c(N)n2)cc2c1OCO2. The molecule has 0 saturated carbocycles. The summed E-state index contributed by atoms with van der Waals surface area (Å²) in [5.41, 5.74) is 6.33. The molecule has 1 aliphatic heterocycles. The smallest absolute Gasteiger partial charge is 0.231 e. The van der Waals surface area contributed by atoms with Crippen molar-refractivity contribution in [2.75, 3.05) is 19.6 Å². The predicted octanol–water partition coefficient (Wildman–Crippen LogP) is 1.91. The molecule has 2 N–H and O–H groups in total. The van der Waals surface area contributed by atoms with Gasteiger partial charge in [-0.05, 0) is 19.1 Å². The first-order valence-electron chi connectivity index (χ1n) is 5.87. The molecule has 0 radical (unpaired) electrons. The lowest BCUT2D eigenvalue weighted by atomic mass is 10.1. The molecule has 104 valence electrons. The maximum absolute atomic E-state index is 13.5. The van der Waals surface area contributed by atoms with Gasteiger partial charge in [0.05, 0.1) is 12.8 Å². The molecule has 20 heavy (non-hydrogen) atoms. The van der Waals surface area contributed by atoms with E-state index in [0.29, 0.717) is 28.6 Å². The van der Waals surface area contributed by atoms with Crippen molar-refractivity contribution in [2.45, 2.75) is 6.92 Å². The highest BCUT2D eigenvalue weighted by Crippen LogP contribution is 2.43. The summed E-state index contributed by atoms with van der Waals surface area (Å²) in [5, 5.41) is 0. The Morgan fingerprint density at radius 2 is 2.10 bits per heavy atom. The fraction of sp³-hybridized carbons (Fsp3) is 0.231. The molecule has 2 aromatic rings. The van der Waals surface area contributed by atoms with Gasteiger partial charge >= 0.3 is 0 Å². The van der Waals surface area contributed by atoms with E-state index in [9.17, 15) is 4.39 Å². The van der Waals surface area contributed by atoms with E-state index in [2.05, 4.69) is 9.97 Å². The van der Waals surface area contributed by atoms with E-state index in [-0.39, 0.29) is 18.3 Å². The number of anilines is 1. The van der Waals surface area contributed by atoms with Crippen molar-refractivity contribution >= 4 is 5.82 Å². The summed E-state index contributed by atoms with van der Waals surface area (Å²) < 4.78 is 29.3. The Hall–Kier alpha value is -2.57. The minimum atomic E-state index is -0.610. The molecule has 0 amide bonds. The molecule has 0 spiro atoms. The first kappa shape index (κ1) is 12.5. The first-order chi connectivity index (χ1) is 9.60. The molecule has 0 unspecified atom stereocenters. The van der Waals surface area contributed by atoms with Crippen LogP contribution in [0.1, 0.15) is 5.69 Å². The van der Waals surface area contributed by atoms with E-state index in [4.69, 9.17) is 19.9 Å². The number of hydrogen-bond donors (Lipinski definition) is 1. The van der Waals surface area contributed by atoms with Crippen molar-refractivity contribution in [1.82, 2.24) is 9.97 Å². The quantitative estimate of drug-likeness (QED) is 0.903. The van der Waals surface area contributed by atoms with Crippen LogP contribution in [0.3, 0.4) is 0 Å². The maximum atomic E-state index is 13.5. The van der Waals surface area contributed by atoms with E-state index in [0.717, 1.165) is 0 Å². The molecule has 3 rings (SSSR count). The van der Waals surface area contributed by atoms with Gasteiger partial charge in [-0.25, -0.2) is 14.4 Å². The van der Waals surface area contributed by atoms with Crippen LogP contribution < -0.4 is 19.9 Å². The van der Waals surface area contributed by atoms with Crippen molar-refractivity contribution in [1.29, 1.82) is 0 Å². The largest absolute Gasteiger partial charge is 0.493 e. The summed E-state index contributed by atoms with van der Waals surface area (Å²) >= 11 is 0. The summed E-state index contributed by atoms with van der Waals surface area (Å²) in [6, 6.07) is 3.40. The second-order valence-corrected chi connectivity index (χ2v) is 4.24. The van der Waals surface area contributed by atoms with Gasteiger partial charge in [0.1, 0.15) is 0 Å². The number of aromatic nitrogens is 2. The molecular formula is C13H12FN3O3. The van der Waals surface area contributed by atoms with E-state index < -0.39 is 5.82 Å². The third-order valence-electron chi connectivity index (χ3n) is 2.96. The van der Waals surface area contributed by atoms with Gasteiger partial charge in [0.15, 0.2) is 29.0 Å². The van der Waals surface area contributed by atoms with Crippen LogP contribution in [0.25, 0.3) is 11.4 Å². The summed E-state index contributed by atoms with van der Waals surface area (Å²) in [5.74, 6) is 1.06. The summed E-state index contributed by atoms with van der Waals surface area (Å²) in [6.07, 6.45) is 0. The number of halogens is 1. The van der Waals surface area contributed by atoms with Crippen molar-refractivity contribution in [3.8, 4) is 28.6 Å². The molecule has 0 fully saturated rings. The molecular weight excluding hydrogens is 265 g/mol. The van der Waals surface area contributed by atoms with Crippen LogP contribution in [0.5, 0.6) is 17.2 Å². The molecule has 2 heterocycles. The van der Waals surface area contributed by atoms with Crippen LogP contribution in [0, 0.1) is 12.7 Å². The first-order valence-corrected chi connectivity index (χ1v) is 5.87. The molecule has 1 aliphatic rings. The van der Waals surface area contributed by atoms with Crippen LogP contribution in [0.2, 0.25) is 0 Å². The number of aryl methyl sites for hydroxylation is 1. The number of fused-ring (bicyclic) bond motifs is 1. The standard InChI is InChI=1S/C13H12FN3O3/c1-6-10(14)12(15)17-13(16-6)7-3-8(18-2)11-9(4-7)19-5-20-11/h3-4H,5H2,1-2H3,(H2,15,16,17). The molecule has 1 aromatic carbocycles. The Labute approximate surface area is 114 Å². The second kappa shape index (κ2) is 4.52. The Morgan fingerprint density at radius 3 is 2.80 bits per heavy atom. The average Bonchev–Trinajstić information content (AvgIpc) is 2.91. The number of nitrogen functional groups attached to an aromatic ring is 1. The minimum Gasteiger partial charge on any atom is -0.493 e. The normalized spacial score (nSPS) is 12.6. The van der Waals surface area contributed by atoms with Gasteiger partial charge in [0.2, 0.25) is 12.5 Å². The Bertz CT molecular complexity index is 668. The van der Waals surface area contributed by atoms with Crippen LogP contribution >= 0.6 is 0 Å². The highest BCUT2D eigenvalue weighted by molar-refractivity contribution is 5.68. The maximum Gasteiger partial charge on any atom is 0.231 e. The lowest BCUT2D eigenvalue weighted by molar-refractivity contribution is 0.171. The van der Waals surface area contributed by atoms with Crippen molar-refractivity contribution in [3.05, 3.63) is 23.6 Å². The summed E-state index contributed by atoms with van der Waals surface area (Å²) in [6.45, 7) is 1.65. The second-order valence-electron chi connectivity index (χ2n) is 4.24. The predicted molar refractivity (Wildman–Crippen MR) is 69.3 cm³/mol. The molecule has 0 atom stereocenters. The summed E-state index contributed by atoms with van der Waals surface area (Å²) in [7, 11) is 1.52. The number of ether oxygens (including phenoxy) is 3. The van der Waals surface area contributed by atoms with Crippen LogP contribution in [0.15, 0.2) is 12.1 Å². The zero-order valence-electron chi connectivity index (χ0n) is 10.9. The highest BCUT2D eigenvalue weighted by Gasteiger charge is 2.22. The topological polar surface area (TPSA) is 79.5 Å². The van der Waals surface area contributed by atoms with E-state index in [1.165, 1.54) is 14.0 Å². The van der Waals surface area contributed by atoms with Gasteiger partial charge in [0.25, 0.3) is 0 Å². The van der Waals surface area contributed by atoms with Gasteiger partial charge in [-0.2, -0.15) is 0 Å². The van der Waals surface area contributed by atoms with Crippen LogP contribution in [0.4, 0.5) is 10.2 Å². The van der Waals surface area contributed by atoms with E-state index >= 15 is 0 Å². The average molecular weight is 277 g/mol. The fourth-order valence-corrected chi connectivity index (χ4v) is 1.97. The lowest BCUT2D eigenvalue weighted by Crippen LogP contribution is -2.03. The number of hydrogen-bond acceptors (Lipinski definition) is 6. The Balaban J connectivity index is 2.16. The third-order valence-corrected chi connectivity index (χ3v) is 2.96. The number of rotatable bonds is 2. The minimum absolute atomic E-state index is 0.126. The van der Waals surface area contributed by atoms with Gasteiger partial charge in [-0.15, -0.1) is 0 Å². The Kier molecular flexibility index (Phi) is 2.81. The van der Waals surface area contributed by atoms with E-state index in [1.807, 2.05) is 0 Å². The molecule has 0 saturated heterocycles. The molecule has 6 nitrogen and oxygen atoms in total. The van der Waals surface area contributed by atoms with Crippen molar-refractivity contribution in [2.24, 2.45) is 0 Å². The zero-order chi connectivity index (χ0) is 14.3. The van der Waals surface area contributed by atoms with Gasteiger partial charge in [-0.3, -0.25) is 0 Å². The monoisotopic (exact) mass is 277 g/mol. The van der Waals surface area contributed by atoms with Gasteiger partial charge < -0.3 is 19.9 Å². The molecule has 0 bridgehead atoms. The van der Waals surface area contributed by atoms with Gasteiger partial charge in [-0.1, -0.05) is 0 Å². The van der Waals surface area contributed by atoms with Crippen LogP contribution in [-0.2, 0) is 0 Å². The summed E-state index contributed by atoms with van der Waals surface area (Å²) in [4.78, 5) is 8.03. The molecule has 0 aliphatic carbocycles. The number of nitrogens with zero attached hydrogens (tertiary/aromatic N) is 2. The van der Waals surface area contributed by atoms with E-state index in [1.54, 1.807) is 12.1 Å². The fourth-order valence-electron chi connectivity index (χ4n) is 1.97. The molecule has 7 heteroatoms. The zero-order valence-corrected chi connectivity index (χ0v) is 10.9. The highest BCUT2D eigenvalue weighted by atomic mass is 19.1. The third kappa shape index (κ3) is 1.87. The van der Waals surface area contributed by atoms with Crippen molar-refractivity contribution < 1.29 is 18.6 Å².